The van der Waals surface area contributed by atoms with Crippen LogP contribution < -0.4 is 5.32 Å². The van der Waals surface area contributed by atoms with E-state index >= 15 is 0 Å². The lowest BCUT2D eigenvalue weighted by Gasteiger charge is -2.20. The second-order valence-corrected chi connectivity index (χ2v) is 4.44. The first kappa shape index (κ1) is 14.9. The third kappa shape index (κ3) is 6.15. The topological polar surface area (TPSA) is 38.3 Å². The summed E-state index contributed by atoms with van der Waals surface area (Å²) >= 11 is 3.37. The average Bonchev–Trinajstić information content (AvgIpc) is 2.20. The number of ether oxygens (including phenoxy) is 1. The van der Waals surface area contributed by atoms with Crippen LogP contribution in [0.4, 0.5) is 0 Å². The summed E-state index contributed by atoms with van der Waals surface area (Å²) in [6.07, 6.45) is 2.70. The summed E-state index contributed by atoms with van der Waals surface area (Å²) in [5.41, 5.74) is 0. The molecule has 4 heteroatoms. The molecule has 0 rings (SSSR count). The lowest BCUT2D eigenvalue weighted by molar-refractivity contribution is -0.126. The van der Waals surface area contributed by atoms with Crippen molar-refractivity contribution >= 4 is 21.8 Å². The third-order valence-electron chi connectivity index (χ3n) is 2.53. The van der Waals surface area contributed by atoms with Crippen molar-refractivity contribution in [2.24, 2.45) is 5.92 Å². The van der Waals surface area contributed by atoms with E-state index < -0.39 is 0 Å². The van der Waals surface area contributed by atoms with Gasteiger partial charge >= 0.3 is 0 Å². The fraction of sp³-hybridized carbons (Fsp3) is 0.909. The maximum absolute atomic E-state index is 11.8. The predicted molar refractivity (Wildman–Crippen MR) is 66.3 cm³/mol. The van der Waals surface area contributed by atoms with Gasteiger partial charge in [0.2, 0.25) is 5.91 Å². The molecule has 0 radical (unpaired) electrons. The van der Waals surface area contributed by atoms with Gasteiger partial charge in [0, 0.05) is 18.4 Å². The highest BCUT2D eigenvalue weighted by atomic mass is 79.9. The largest absolute Gasteiger partial charge is 0.383 e. The van der Waals surface area contributed by atoms with Crippen molar-refractivity contribution in [3.8, 4) is 0 Å². The van der Waals surface area contributed by atoms with Gasteiger partial charge < -0.3 is 10.1 Å². The molecular weight excluding hydrogens is 258 g/mol. The maximum atomic E-state index is 11.8. The number of nitrogens with one attached hydrogen (secondary N) is 1. The molecule has 90 valence electrons. The van der Waals surface area contributed by atoms with Crippen LogP contribution in [-0.2, 0) is 9.53 Å². The lowest BCUT2D eigenvalue weighted by Crippen LogP contribution is -2.41. The van der Waals surface area contributed by atoms with Crippen LogP contribution in [0.25, 0.3) is 0 Å². The first-order valence-electron chi connectivity index (χ1n) is 5.54. The molecule has 0 saturated heterocycles. The van der Waals surface area contributed by atoms with Crippen LogP contribution in [0.15, 0.2) is 0 Å². The van der Waals surface area contributed by atoms with Crippen LogP contribution in [0.2, 0.25) is 0 Å². The SMILES string of the molecule is CCC(CC)C(=O)NC(CCBr)COC. The minimum atomic E-state index is 0.127. The number of methoxy groups -OCH3 is 1. The van der Waals surface area contributed by atoms with Crippen molar-refractivity contribution in [1.82, 2.24) is 5.32 Å². The maximum Gasteiger partial charge on any atom is 0.223 e. The van der Waals surface area contributed by atoms with E-state index in [0.29, 0.717) is 6.61 Å². The highest BCUT2D eigenvalue weighted by molar-refractivity contribution is 9.09. The first-order chi connectivity index (χ1) is 7.19. The second-order valence-electron chi connectivity index (χ2n) is 3.65. The van der Waals surface area contributed by atoms with E-state index in [1.54, 1.807) is 7.11 Å². The Morgan fingerprint density at radius 1 is 1.40 bits per heavy atom. The van der Waals surface area contributed by atoms with Gasteiger partial charge in [-0.25, -0.2) is 0 Å². The van der Waals surface area contributed by atoms with E-state index in [1.807, 2.05) is 13.8 Å². The quantitative estimate of drug-likeness (QED) is 0.693. The van der Waals surface area contributed by atoms with Crippen LogP contribution in [0.3, 0.4) is 0 Å². The summed E-state index contributed by atoms with van der Waals surface area (Å²) in [5.74, 6) is 0.294. The molecule has 1 amide bonds. The van der Waals surface area contributed by atoms with Crippen molar-refractivity contribution in [2.75, 3.05) is 19.0 Å². The number of hydrogen-bond acceptors (Lipinski definition) is 2. The molecule has 3 nitrogen and oxygen atoms in total. The lowest BCUT2D eigenvalue weighted by atomic mass is 10.0. The number of amides is 1. The fourth-order valence-corrected chi connectivity index (χ4v) is 2.06. The zero-order valence-corrected chi connectivity index (χ0v) is 11.5. The average molecular weight is 280 g/mol. The number of rotatable bonds is 8. The van der Waals surface area contributed by atoms with Gasteiger partial charge in [0.25, 0.3) is 0 Å². The van der Waals surface area contributed by atoms with Crippen molar-refractivity contribution in [1.29, 1.82) is 0 Å². The zero-order chi connectivity index (χ0) is 11.7. The number of carbonyl (C=O) groups excluding carboxylic acids is 1. The van der Waals surface area contributed by atoms with E-state index in [1.165, 1.54) is 0 Å². The van der Waals surface area contributed by atoms with Crippen molar-refractivity contribution in [2.45, 2.75) is 39.2 Å². The molecule has 0 aromatic rings. The predicted octanol–water partition coefficient (Wildman–Crippen LogP) is 2.34. The number of alkyl halides is 1. The summed E-state index contributed by atoms with van der Waals surface area (Å²) in [5, 5.41) is 3.91. The standard InChI is InChI=1S/C11H22BrNO2/c1-4-9(5-2)11(14)13-10(6-7-12)8-15-3/h9-10H,4-8H2,1-3H3,(H,13,14). The minimum Gasteiger partial charge on any atom is -0.383 e. The first-order valence-corrected chi connectivity index (χ1v) is 6.66. The summed E-state index contributed by atoms with van der Waals surface area (Å²) in [7, 11) is 1.66. The van der Waals surface area contributed by atoms with Crippen LogP contribution >= 0.6 is 15.9 Å². The Hall–Kier alpha value is -0.0900. The van der Waals surface area contributed by atoms with Crippen molar-refractivity contribution in [3.05, 3.63) is 0 Å². The number of halogens is 1. The van der Waals surface area contributed by atoms with Gasteiger partial charge in [0.15, 0.2) is 0 Å². The van der Waals surface area contributed by atoms with E-state index in [9.17, 15) is 4.79 Å². The van der Waals surface area contributed by atoms with Gasteiger partial charge in [-0.2, -0.15) is 0 Å². The molecule has 1 atom stereocenters. The van der Waals surface area contributed by atoms with E-state index in [2.05, 4.69) is 21.2 Å². The Morgan fingerprint density at radius 3 is 2.40 bits per heavy atom. The molecule has 0 bridgehead atoms. The van der Waals surface area contributed by atoms with E-state index in [4.69, 9.17) is 4.74 Å². The smallest absolute Gasteiger partial charge is 0.223 e. The Kier molecular flexibility index (Phi) is 9.10. The summed E-state index contributed by atoms with van der Waals surface area (Å²) in [4.78, 5) is 11.8. The van der Waals surface area contributed by atoms with Crippen molar-refractivity contribution in [3.63, 3.8) is 0 Å². The molecule has 0 aromatic heterocycles. The fourth-order valence-electron chi connectivity index (χ4n) is 1.51. The molecule has 0 saturated carbocycles. The number of carbonyl (C=O) groups is 1. The molecular formula is C11H22BrNO2. The van der Waals surface area contributed by atoms with Gasteiger partial charge in [0.1, 0.15) is 0 Å². The third-order valence-corrected chi connectivity index (χ3v) is 2.99. The molecule has 0 aliphatic rings. The van der Waals surface area contributed by atoms with Crippen molar-refractivity contribution < 1.29 is 9.53 Å². The Bertz CT molecular complexity index is 166. The van der Waals surface area contributed by atoms with Gasteiger partial charge in [-0.05, 0) is 19.3 Å². The highest BCUT2D eigenvalue weighted by Gasteiger charge is 2.17. The zero-order valence-electron chi connectivity index (χ0n) is 9.88. The van der Waals surface area contributed by atoms with Gasteiger partial charge in [-0.1, -0.05) is 29.8 Å². The van der Waals surface area contributed by atoms with E-state index in [0.717, 1.165) is 24.6 Å². The van der Waals surface area contributed by atoms with Gasteiger partial charge in [-0.3, -0.25) is 4.79 Å². The Balaban J connectivity index is 4.07. The molecule has 0 aliphatic carbocycles. The normalized spacial score (nSPS) is 12.9. The molecule has 0 aliphatic heterocycles. The van der Waals surface area contributed by atoms with E-state index in [-0.39, 0.29) is 17.9 Å². The van der Waals surface area contributed by atoms with Gasteiger partial charge in [0.05, 0.1) is 12.6 Å². The molecule has 0 aromatic carbocycles. The molecule has 0 spiro atoms. The summed E-state index contributed by atoms with van der Waals surface area (Å²) in [6, 6.07) is 0.127. The van der Waals surface area contributed by atoms with Crippen LogP contribution in [-0.4, -0.2) is 31.0 Å². The van der Waals surface area contributed by atoms with Crippen LogP contribution in [0, 0.1) is 5.92 Å². The van der Waals surface area contributed by atoms with Gasteiger partial charge in [-0.15, -0.1) is 0 Å². The molecule has 1 N–H and O–H groups in total. The second kappa shape index (κ2) is 9.16. The molecule has 15 heavy (non-hydrogen) atoms. The Morgan fingerprint density at radius 2 is 2.00 bits per heavy atom. The molecule has 0 heterocycles. The minimum absolute atomic E-state index is 0.127. The molecule has 0 fully saturated rings. The van der Waals surface area contributed by atoms with Crippen LogP contribution in [0.1, 0.15) is 33.1 Å². The monoisotopic (exact) mass is 279 g/mol. The van der Waals surface area contributed by atoms with Crippen LogP contribution in [0.5, 0.6) is 0 Å². The summed E-state index contributed by atoms with van der Waals surface area (Å²) < 4.78 is 5.07. The number of hydrogen-bond donors (Lipinski definition) is 1. The molecule has 1 unspecified atom stereocenters. The Labute approximate surface area is 101 Å². The summed E-state index contributed by atoms with van der Waals surface area (Å²) in [6.45, 7) is 4.67. The highest BCUT2D eigenvalue weighted by Crippen LogP contribution is 2.08.